The van der Waals surface area contributed by atoms with Gasteiger partial charge in [-0.1, -0.05) is 91.0 Å². The Hall–Kier alpha value is -5.38. The van der Waals surface area contributed by atoms with Crippen LogP contribution in [0.15, 0.2) is 142 Å². The Balaban J connectivity index is 1.30. The summed E-state index contributed by atoms with van der Waals surface area (Å²) in [7, 11) is 0. The number of benzene rings is 7. The molecule has 2 nitrogen and oxygen atoms in total. The summed E-state index contributed by atoms with van der Waals surface area (Å²) in [6, 6.07) is 45.7. The Labute approximate surface area is 250 Å². The lowest BCUT2D eigenvalue weighted by atomic mass is 9.85. The van der Waals surface area contributed by atoms with Crippen LogP contribution in [0, 0.1) is 0 Å². The molecule has 0 atom stereocenters. The van der Waals surface area contributed by atoms with Crippen molar-refractivity contribution in [1.82, 2.24) is 0 Å². The second-order valence-electron chi connectivity index (χ2n) is 11.2. The van der Waals surface area contributed by atoms with Crippen LogP contribution in [0.2, 0.25) is 0 Å². The highest BCUT2D eigenvalue weighted by Crippen LogP contribution is 2.47. The first kappa shape index (κ1) is 23.2. The molecule has 0 spiro atoms. The number of hydrogen-bond donors (Lipinski definition) is 0. The molecule has 0 saturated heterocycles. The lowest BCUT2D eigenvalue weighted by molar-refractivity contribution is 0.617. The molecular formula is C40H22O2S. The highest BCUT2D eigenvalue weighted by Gasteiger charge is 2.21. The van der Waals surface area contributed by atoms with Crippen LogP contribution >= 0.6 is 11.3 Å². The monoisotopic (exact) mass is 566 g/mol. The van der Waals surface area contributed by atoms with Crippen LogP contribution in [-0.4, -0.2) is 0 Å². The molecule has 0 saturated carbocycles. The maximum Gasteiger partial charge on any atom is 0.136 e. The fourth-order valence-electron chi connectivity index (χ4n) is 7.05. The molecule has 3 aromatic heterocycles. The van der Waals surface area contributed by atoms with E-state index in [1.165, 1.54) is 58.4 Å². The van der Waals surface area contributed by atoms with Gasteiger partial charge in [-0.15, -0.1) is 11.3 Å². The zero-order valence-electron chi connectivity index (χ0n) is 22.9. The van der Waals surface area contributed by atoms with Crippen molar-refractivity contribution in [1.29, 1.82) is 0 Å². The van der Waals surface area contributed by atoms with E-state index in [0.29, 0.717) is 0 Å². The topological polar surface area (TPSA) is 26.3 Å². The molecule has 0 unspecified atom stereocenters. The molecule has 0 aliphatic heterocycles. The van der Waals surface area contributed by atoms with Gasteiger partial charge in [-0.2, -0.15) is 0 Å². The molecule has 10 aromatic rings. The Kier molecular flexibility index (Phi) is 4.63. The van der Waals surface area contributed by atoms with Crippen LogP contribution in [0.5, 0.6) is 0 Å². The van der Waals surface area contributed by atoms with E-state index in [4.69, 9.17) is 8.83 Å². The summed E-state index contributed by atoms with van der Waals surface area (Å²) in [6.07, 6.45) is 1.92. The SMILES string of the molecule is c1ccc2c(c1)oc1cc3c(-c4c5ccccc5c(-c5ccc6sc7ccccc7c6c5)c5ccccc45)coc3cc12. The highest BCUT2D eigenvalue weighted by atomic mass is 32.1. The Bertz CT molecular complexity index is 2680. The molecule has 3 heteroatoms. The van der Waals surface area contributed by atoms with Gasteiger partial charge in [-0.25, -0.2) is 0 Å². The first-order valence-electron chi connectivity index (χ1n) is 14.5. The molecule has 0 N–H and O–H groups in total. The molecule has 0 amide bonds. The second-order valence-corrected chi connectivity index (χ2v) is 12.3. The number of hydrogen-bond acceptors (Lipinski definition) is 3. The molecular weight excluding hydrogens is 545 g/mol. The lowest BCUT2D eigenvalue weighted by Gasteiger charge is -2.17. The van der Waals surface area contributed by atoms with E-state index < -0.39 is 0 Å². The largest absolute Gasteiger partial charge is 0.464 e. The third kappa shape index (κ3) is 3.23. The van der Waals surface area contributed by atoms with Crippen molar-refractivity contribution in [3.8, 4) is 22.3 Å². The van der Waals surface area contributed by atoms with Crippen molar-refractivity contribution >= 4 is 86.0 Å². The summed E-state index contributed by atoms with van der Waals surface area (Å²) >= 11 is 1.86. The third-order valence-corrected chi connectivity index (χ3v) is 10.1. The van der Waals surface area contributed by atoms with Crippen LogP contribution in [-0.2, 0) is 0 Å². The van der Waals surface area contributed by atoms with Gasteiger partial charge in [-0.05, 0) is 69.1 Å². The summed E-state index contributed by atoms with van der Waals surface area (Å²) < 4.78 is 15.2. The minimum Gasteiger partial charge on any atom is -0.464 e. The van der Waals surface area contributed by atoms with Gasteiger partial charge in [0.2, 0.25) is 0 Å². The minimum atomic E-state index is 0.862. The predicted octanol–water partition coefficient (Wildman–Crippen LogP) is 12.3. The van der Waals surface area contributed by atoms with Gasteiger partial charge in [0.1, 0.15) is 16.7 Å². The fraction of sp³-hybridized carbons (Fsp3) is 0. The summed E-state index contributed by atoms with van der Waals surface area (Å²) in [6.45, 7) is 0. The highest BCUT2D eigenvalue weighted by molar-refractivity contribution is 7.25. The maximum absolute atomic E-state index is 6.29. The zero-order chi connectivity index (χ0) is 28.1. The average molecular weight is 567 g/mol. The van der Waals surface area contributed by atoms with E-state index in [9.17, 15) is 0 Å². The van der Waals surface area contributed by atoms with Gasteiger partial charge in [0.25, 0.3) is 0 Å². The summed E-state index contributed by atoms with van der Waals surface area (Å²) in [4.78, 5) is 0. The van der Waals surface area contributed by atoms with Crippen molar-refractivity contribution < 1.29 is 8.83 Å². The smallest absolute Gasteiger partial charge is 0.136 e. The van der Waals surface area contributed by atoms with Gasteiger partial charge in [0, 0.05) is 47.5 Å². The second kappa shape index (κ2) is 8.57. The Morgan fingerprint density at radius 3 is 1.77 bits per heavy atom. The van der Waals surface area contributed by atoms with Crippen molar-refractivity contribution in [2.75, 3.05) is 0 Å². The lowest BCUT2D eigenvalue weighted by Crippen LogP contribution is -1.90. The van der Waals surface area contributed by atoms with Crippen molar-refractivity contribution in [2.24, 2.45) is 0 Å². The van der Waals surface area contributed by atoms with Crippen molar-refractivity contribution in [2.45, 2.75) is 0 Å². The number of thiophene rings is 1. The average Bonchev–Trinajstić information content (AvgIpc) is 3.75. The van der Waals surface area contributed by atoms with Gasteiger partial charge in [-0.3, -0.25) is 0 Å². The number of fused-ring (bicyclic) bond motifs is 9. The van der Waals surface area contributed by atoms with Crippen molar-refractivity contribution in [3.63, 3.8) is 0 Å². The van der Waals surface area contributed by atoms with E-state index in [1.54, 1.807) is 0 Å². The quantitative estimate of drug-likeness (QED) is 0.195. The Morgan fingerprint density at radius 2 is 1.00 bits per heavy atom. The van der Waals surface area contributed by atoms with Gasteiger partial charge >= 0.3 is 0 Å². The van der Waals surface area contributed by atoms with Crippen LogP contribution < -0.4 is 0 Å². The molecule has 0 aliphatic rings. The zero-order valence-corrected chi connectivity index (χ0v) is 23.7. The molecule has 43 heavy (non-hydrogen) atoms. The summed E-state index contributed by atoms with van der Waals surface area (Å²) in [5, 5.41) is 10.7. The molecule has 10 rings (SSSR count). The molecule has 0 radical (unpaired) electrons. The van der Waals surface area contributed by atoms with E-state index >= 15 is 0 Å². The molecule has 0 aliphatic carbocycles. The van der Waals surface area contributed by atoms with Gasteiger partial charge < -0.3 is 8.83 Å². The molecule has 3 heterocycles. The first-order chi connectivity index (χ1) is 21.3. The standard InChI is InChI=1S/C40H22O2S/c1-3-13-28-26(11-1)39(23-17-18-38-32(19-23)25-10-6-8-16-37(25)43-38)27-12-2-4-14-29(27)40(28)33-22-41-35-20-30-24-9-5-7-15-34(24)42-36(30)21-31(33)35/h1-22H. The Morgan fingerprint density at radius 1 is 0.395 bits per heavy atom. The van der Waals surface area contributed by atoms with Crippen LogP contribution in [0.4, 0.5) is 0 Å². The summed E-state index contributed by atoms with van der Waals surface area (Å²) in [5.41, 5.74) is 7.39. The van der Waals surface area contributed by atoms with Crippen molar-refractivity contribution in [3.05, 3.63) is 134 Å². The minimum absolute atomic E-state index is 0.862. The van der Waals surface area contributed by atoms with Crippen LogP contribution in [0.3, 0.4) is 0 Å². The van der Waals surface area contributed by atoms with E-state index in [0.717, 1.165) is 38.5 Å². The summed E-state index contributed by atoms with van der Waals surface area (Å²) in [5.74, 6) is 0. The molecule has 0 fully saturated rings. The fourth-order valence-corrected chi connectivity index (χ4v) is 8.14. The van der Waals surface area contributed by atoms with Gasteiger partial charge in [0.05, 0.1) is 6.26 Å². The maximum atomic E-state index is 6.29. The number of para-hydroxylation sites is 1. The normalized spacial score (nSPS) is 12.2. The third-order valence-electron chi connectivity index (χ3n) is 8.94. The van der Waals surface area contributed by atoms with Gasteiger partial charge in [0.15, 0.2) is 0 Å². The van der Waals surface area contributed by atoms with E-state index in [-0.39, 0.29) is 0 Å². The number of rotatable bonds is 2. The van der Waals surface area contributed by atoms with Crippen LogP contribution in [0.25, 0.3) is 96.9 Å². The molecule has 0 bridgehead atoms. The molecule has 200 valence electrons. The van der Waals surface area contributed by atoms with E-state index in [2.05, 4.69) is 109 Å². The number of furan rings is 2. The molecule has 7 aromatic carbocycles. The predicted molar refractivity (Wildman–Crippen MR) is 182 cm³/mol. The first-order valence-corrected chi connectivity index (χ1v) is 15.3. The van der Waals surface area contributed by atoms with Crippen LogP contribution in [0.1, 0.15) is 0 Å². The van der Waals surface area contributed by atoms with E-state index in [1.807, 2.05) is 35.8 Å².